The molecule has 0 radical (unpaired) electrons. The first kappa shape index (κ1) is 15.5. The van der Waals surface area contributed by atoms with Gasteiger partial charge < -0.3 is 4.74 Å². The molecule has 21 heavy (non-hydrogen) atoms. The van der Waals surface area contributed by atoms with E-state index in [1.165, 1.54) is 0 Å². The summed E-state index contributed by atoms with van der Waals surface area (Å²) in [4.78, 5) is 15.2. The quantitative estimate of drug-likeness (QED) is 0.938. The van der Waals surface area contributed by atoms with Gasteiger partial charge in [-0.15, -0.1) is 11.3 Å². The third-order valence-corrected chi connectivity index (χ3v) is 3.30. The molecule has 2 aromatic rings. The van der Waals surface area contributed by atoms with Crippen molar-refractivity contribution < 1.29 is 22.7 Å². The first-order valence-corrected chi connectivity index (χ1v) is 6.70. The number of aromatic nitrogens is 1. The van der Waals surface area contributed by atoms with Gasteiger partial charge in [0.15, 0.2) is 10.8 Å². The molecule has 1 N–H and O–H groups in total. The van der Waals surface area contributed by atoms with Crippen LogP contribution in [0.15, 0.2) is 29.6 Å². The summed E-state index contributed by atoms with van der Waals surface area (Å²) >= 11 is 0.728. The number of hydrogen-bond donors (Lipinski definition) is 1. The lowest BCUT2D eigenvalue weighted by molar-refractivity contribution is -0.140. The fraction of sp³-hybridized carbons (Fsp3) is 0.231. The van der Waals surface area contributed by atoms with Gasteiger partial charge in [0, 0.05) is 18.1 Å². The van der Waals surface area contributed by atoms with Crippen molar-refractivity contribution in [2.24, 2.45) is 0 Å². The molecule has 4 nitrogen and oxygen atoms in total. The Bertz CT molecular complexity index is 623. The lowest BCUT2D eigenvalue weighted by Gasteiger charge is -2.04. The first-order valence-electron chi connectivity index (χ1n) is 5.82. The average Bonchev–Trinajstić information content (AvgIpc) is 2.88. The third kappa shape index (κ3) is 4.02. The Morgan fingerprint density at radius 1 is 1.33 bits per heavy atom. The van der Waals surface area contributed by atoms with Gasteiger partial charge in [0.25, 0.3) is 5.91 Å². The lowest BCUT2D eigenvalue weighted by atomic mass is 10.1. The van der Waals surface area contributed by atoms with Crippen molar-refractivity contribution in [1.82, 2.24) is 4.98 Å². The summed E-state index contributed by atoms with van der Waals surface area (Å²) in [6, 6.07) is 6.56. The van der Waals surface area contributed by atoms with Gasteiger partial charge in [-0.25, -0.2) is 4.98 Å². The van der Waals surface area contributed by atoms with Crippen LogP contribution >= 0.6 is 11.3 Å². The summed E-state index contributed by atoms with van der Waals surface area (Å²) in [5.74, 6) is -0.512. The maximum atomic E-state index is 12.4. The van der Waals surface area contributed by atoms with Crippen molar-refractivity contribution in [2.75, 3.05) is 12.4 Å². The fourth-order valence-corrected chi connectivity index (χ4v) is 2.26. The zero-order chi connectivity index (χ0) is 15.5. The Kier molecular flexibility index (Phi) is 4.59. The van der Waals surface area contributed by atoms with Crippen LogP contribution in [0, 0.1) is 0 Å². The average molecular weight is 316 g/mol. The Balaban J connectivity index is 2.05. The second kappa shape index (κ2) is 6.23. The minimum atomic E-state index is -4.51. The van der Waals surface area contributed by atoms with Gasteiger partial charge in [-0.3, -0.25) is 10.1 Å². The van der Waals surface area contributed by atoms with Crippen LogP contribution in [-0.2, 0) is 17.5 Å². The predicted octanol–water partition coefficient (Wildman–Crippen LogP) is 3.56. The van der Waals surface area contributed by atoms with Crippen molar-refractivity contribution in [1.29, 1.82) is 0 Å². The molecule has 0 saturated heterocycles. The fourth-order valence-electron chi connectivity index (χ4n) is 1.55. The topological polar surface area (TPSA) is 51.2 Å². The molecule has 0 bridgehead atoms. The smallest absolute Gasteiger partial charge is 0.380 e. The maximum absolute atomic E-state index is 12.4. The summed E-state index contributed by atoms with van der Waals surface area (Å²) in [5, 5.41) is 3.11. The molecule has 0 atom stereocenters. The normalized spacial score (nSPS) is 11.4. The summed E-state index contributed by atoms with van der Waals surface area (Å²) in [7, 11) is 1.56. The van der Waals surface area contributed by atoms with E-state index in [-0.39, 0.29) is 5.13 Å². The molecular formula is C13H11F3N2O2S. The van der Waals surface area contributed by atoms with Crippen molar-refractivity contribution >= 4 is 22.4 Å². The summed E-state index contributed by atoms with van der Waals surface area (Å²) in [6.07, 6.45) is -4.51. The summed E-state index contributed by atoms with van der Waals surface area (Å²) in [5.41, 5.74) is 0.208. The van der Waals surface area contributed by atoms with Gasteiger partial charge in [-0.05, 0) is 17.7 Å². The van der Waals surface area contributed by atoms with E-state index in [0.717, 1.165) is 22.3 Å². The number of carbonyl (C=O) groups is 1. The number of halogens is 3. The molecule has 1 aromatic carbocycles. The van der Waals surface area contributed by atoms with Crippen LogP contribution in [0.4, 0.5) is 18.3 Å². The first-order chi connectivity index (χ1) is 9.90. The minimum Gasteiger partial charge on any atom is -0.380 e. The number of benzene rings is 1. The van der Waals surface area contributed by atoms with E-state index in [1.54, 1.807) is 31.4 Å². The van der Waals surface area contributed by atoms with E-state index >= 15 is 0 Å². The standard InChI is InChI=1S/C13H11F3N2O2S/c1-20-6-8-2-4-9(5-3-8)11(19)18-12-17-10(7-21-12)13(14,15)16/h2-5,7H,6H2,1H3,(H,17,18,19). The van der Waals surface area contributed by atoms with E-state index in [1.807, 2.05) is 0 Å². The highest BCUT2D eigenvalue weighted by Gasteiger charge is 2.33. The van der Waals surface area contributed by atoms with Crippen LogP contribution in [0.3, 0.4) is 0 Å². The molecule has 2 rings (SSSR count). The van der Waals surface area contributed by atoms with E-state index in [0.29, 0.717) is 12.2 Å². The molecule has 1 heterocycles. The van der Waals surface area contributed by atoms with Crippen molar-refractivity contribution in [3.8, 4) is 0 Å². The zero-order valence-corrected chi connectivity index (χ0v) is 11.7. The molecule has 1 aromatic heterocycles. The number of nitrogens with one attached hydrogen (secondary N) is 1. The van der Waals surface area contributed by atoms with Crippen LogP contribution in [0.2, 0.25) is 0 Å². The highest BCUT2D eigenvalue weighted by Crippen LogP contribution is 2.31. The number of anilines is 1. The number of hydrogen-bond acceptors (Lipinski definition) is 4. The Morgan fingerprint density at radius 3 is 2.52 bits per heavy atom. The lowest BCUT2D eigenvalue weighted by Crippen LogP contribution is -2.12. The number of rotatable bonds is 4. The summed E-state index contributed by atoms with van der Waals surface area (Å²) < 4.78 is 42.1. The van der Waals surface area contributed by atoms with Crippen LogP contribution in [0.1, 0.15) is 21.6 Å². The van der Waals surface area contributed by atoms with Crippen LogP contribution < -0.4 is 5.32 Å². The largest absolute Gasteiger partial charge is 0.434 e. The molecule has 112 valence electrons. The van der Waals surface area contributed by atoms with Crippen molar-refractivity contribution in [2.45, 2.75) is 12.8 Å². The van der Waals surface area contributed by atoms with Gasteiger partial charge in [0.1, 0.15) is 0 Å². The van der Waals surface area contributed by atoms with Crippen LogP contribution in [-0.4, -0.2) is 18.0 Å². The Morgan fingerprint density at radius 2 is 2.00 bits per heavy atom. The van der Waals surface area contributed by atoms with Crippen LogP contribution in [0.5, 0.6) is 0 Å². The number of amides is 1. The van der Waals surface area contributed by atoms with Gasteiger partial charge in [0.2, 0.25) is 0 Å². The monoisotopic (exact) mass is 316 g/mol. The molecule has 0 unspecified atom stereocenters. The van der Waals surface area contributed by atoms with Crippen LogP contribution in [0.25, 0.3) is 0 Å². The second-order valence-electron chi connectivity index (χ2n) is 4.12. The highest BCUT2D eigenvalue weighted by atomic mass is 32.1. The molecule has 0 spiro atoms. The number of nitrogens with zero attached hydrogens (tertiary/aromatic N) is 1. The molecule has 1 amide bonds. The second-order valence-corrected chi connectivity index (χ2v) is 4.98. The van der Waals surface area contributed by atoms with Gasteiger partial charge >= 0.3 is 6.18 Å². The Hall–Kier alpha value is -1.93. The SMILES string of the molecule is COCc1ccc(C(=O)Nc2nc(C(F)(F)F)cs2)cc1. The van der Waals surface area contributed by atoms with E-state index in [2.05, 4.69) is 10.3 Å². The van der Waals surface area contributed by atoms with Crippen molar-refractivity contribution in [3.05, 3.63) is 46.5 Å². The molecule has 0 fully saturated rings. The number of alkyl halides is 3. The molecule has 8 heteroatoms. The third-order valence-electron chi connectivity index (χ3n) is 2.54. The van der Waals surface area contributed by atoms with E-state index < -0.39 is 17.8 Å². The van der Waals surface area contributed by atoms with Crippen molar-refractivity contribution in [3.63, 3.8) is 0 Å². The number of carbonyl (C=O) groups excluding carboxylic acids is 1. The van der Waals surface area contributed by atoms with Gasteiger partial charge in [0.05, 0.1) is 6.61 Å². The molecule has 0 saturated carbocycles. The maximum Gasteiger partial charge on any atom is 0.434 e. The Labute approximate surface area is 122 Å². The molecular weight excluding hydrogens is 305 g/mol. The summed E-state index contributed by atoms with van der Waals surface area (Å²) in [6.45, 7) is 0.420. The van der Waals surface area contributed by atoms with Gasteiger partial charge in [-0.2, -0.15) is 13.2 Å². The zero-order valence-electron chi connectivity index (χ0n) is 10.9. The predicted molar refractivity (Wildman–Crippen MR) is 72.2 cm³/mol. The highest BCUT2D eigenvalue weighted by molar-refractivity contribution is 7.14. The molecule has 0 aliphatic rings. The molecule has 0 aliphatic heterocycles. The minimum absolute atomic E-state index is 0.0895. The number of thiazole rings is 1. The van der Waals surface area contributed by atoms with E-state index in [4.69, 9.17) is 4.74 Å². The number of ether oxygens (including phenoxy) is 1. The van der Waals surface area contributed by atoms with E-state index in [9.17, 15) is 18.0 Å². The molecule has 0 aliphatic carbocycles. The number of methoxy groups -OCH3 is 1. The van der Waals surface area contributed by atoms with Gasteiger partial charge in [-0.1, -0.05) is 12.1 Å².